The molecule has 6 nitrogen and oxygen atoms in total. The van der Waals surface area contributed by atoms with Crippen molar-refractivity contribution in [2.24, 2.45) is 11.3 Å². The summed E-state index contributed by atoms with van der Waals surface area (Å²) < 4.78 is 0. The van der Waals surface area contributed by atoms with Gasteiger partial charge in [0.2, 0.25) is 0 Å². The van der Waals surface area contributed by atoms with E-state index in [1.165, 1.54) is 12.3 Å². The Balaban J connectivity index is 2.08. The highest BCUT2D eigenvalue weighted by atomic mass is 16.4. The molecule has 0 heterocycles. The van der Waals surface area contributed by atoms with Gasteiger partial charge in [0.1, 0.15) is 5.92 Å². The predicted molar refractivity (Wildman–Crippen MR) is 87.7 cm³/mol. The first kappa shape index (κ1) is 17.6. The van der Waals surface area contributed by atoms with Crippen molar-refractivity contribution in [2.75, 3.05) is 5.32 Å². The van der Waals surface area contributed by atoms with Crippen LogP contribution in [0.25, 0.3) is 0 Å². The van der Waals surface area contributed by atoms with E-state index in [2.05, 4.69) is 5.32 Å². The Labute approximate surface area is 139 Å². The number of hydrogen-bond donors (Lipinski definition) is 2. The Bertz CT molecular complexity index is 713. The lowest BCUT2D eigenvalue weighted by Crippen LogP contribution is -2.41. The molecule has 1 aliphatic carbocycles. The maximum absolute atomic E-state index is 12.2. The SMILES string of the molecule is CC1(C)CC(=O)C(C(=O)/C=C/Nc2ccccc2C(=O)O)C(=O)C1. The lowest BCUT2D eigenvalue weighted by molar-refractivity contribution is -0.143. The molecule has 126 valence electrons. The van der Waals surface area contributed by atoms with Gasteiger partial charge >= 0.3 is 5.97 Å². The van der Waals surface area contributed by atoms with E-state index < -0.39 is 23.1 Å². The zero-order valence-electron chi connectivity index (χ0n) is 13.5. The van der Waals surface area contributed by atoms with Crippen LogP contribution in [-0.2, 0) is 14.4 Å². The first-order valence-electron chi connectivity index (χ1n) is 7.56. The molecule has 1 fully saturated rings. The van der Waals surface area contributed by atoms with Gasteiger partial charge in [-0.05, 0) is 23.6 Å². The van der Waals surface area contributed by atoms with Gasteiger partial charge in [0.05, 0.1) is 11.3 Å². The Kier molecular flexibility index (Phi) is 4.97. The summed E-state index contributed by atoms with van der Waals surface area (Å²) in [6.07, 6.45) is 2.75. The molecule has 1 aliphatic rings. The first-order valence-corrected chi connectivity index (χ1v) is 7.56. The van der Waals surface area contributed by atoms with E-state index >= 15 is 0 Å². The van der Waals surface area contributed by atoms with Gasteiger partial charge in [-0.2, -0.15) is 0 Å². The number of carboxylic acids is 1. The lowest BCUT2D eigenvalue weighted by atomic mass is 9.70. The van der Waals surface area contributed by atoms with Crippen LogP contribution in [0.1, 0.15) is 37.0 Å². The monoisotopic (exact) mass is 329 g/mol. The van der Waals surface area contributed by atoms with E-state index in [0.717, 1.165) is 6.08 Å². The molecule has 0 bridgehead atoms. The summed E-state index contributed by atoms with van der Waals surface area (Å²) in [6.45, 7) is 3.65. The predicted octanol–water partition coefficient (Wildman–Crippen LogP) is 2.45. The van der Waals surface area contributed by atoms with E-state index in [-0.39, 0.29) is 30.0 Å². The third-order valence-electron chi connectivity index (χ3n) is 3.88. The lowest BCUT2D eigenvalue weighted by Gasteiger charge is -2.30. The van der Waals surface area contributed by atoms with E-state index in [1.54, 1.807) is 18.2 Å². The average molecular weight is 329 g/mol. The van der Waals surface area contributed by atoms with Crippen molar-refractivity contribution in [3.63, 3.8) is 0 Å². The van der Waals surface area contributed by atoms with Crippen molar-refractivity contribution in [1.29, 1.82) is 0 Å². The number of nitrogens with one attached hydrogen (secondary N) is 1. The number of carboxylic acid groups (broad SMARTS) is 1. The molecule has 1 aromatic carbocycles. The molecule has 0 amide bonds. The van der Waals surface area contributed by atoms with Crippen LogP contribution < -0.4 is 5.32 Å². The third kappa shape index (κ3) is 3.95. The number of anilines is 1. The van der Waals surface area contributed by atoms with Crippen molar-refractivity contribution < 1.29 is 24.3 Å². The summed E-state index contributed by atoms with van der Waals surface area (Å²) >= 11 is 0. The molecule has 2 N–H and O–H groups in total. The van der Waals surface area contributed by atoms with Crippen LogP contribution >= 0.6 is 0 Å². The van der Waals surface area contributed by atoms with Gasteiger partial charge in [0.25, 0.3) is 0 Å². The van der Waals surface area contributed by atoms with Crippen LogP contribution in [0.5, 0.6) is 0 Å². The molecule has 0 aliphatic heterocycles. The molecule has 0 saturated heterocycles. The van der Waals surface area contributed by atoms with E-state index in [1.807, 2.05) is 13.8 Å². The number of ketones is 3. The number of allylic oxidation sites excluding steroid dienone is 1. The van der Waals surface area contributed by atoms with Gasteiger partial charge in [0, 0.05) is 19.0 Å². The number of rotatable bonds is 5. The summed E-state index contributed by atoms with van der Waals surface area (Å²) in [6, 6.07) is 6.22. The minimum Gasteiger partial charge on any atom is -0.478 e. The minimum atomic E-state index is -1.24. The largest absolute Gasteiger partial charge is 0.478 e. The summed E-state index contributed by atoms with van der Waals surface area (Å²) in [5.74, 6) is -3.65. The van der Waals surface area contributed by atoms with Crippen LogP contribution in [0.4, 0.5) is 5.69 Å². The highest BCUT2D eigenvalue weighted by molar-refractivity contribution is 6.23. The fourth-order valence-electron chi connectivity index (χ4n) is 2.81. The Hall–Kier alpha value is -2.76. The number of para-hydroxylation sites is 1. The number of aromatic carboxylic acids is 1. The van der Waals surface area contributed by atoms with Gasteiger partial charge in [-0.15, -0.1) is 0 Å². The molecule has 6 heteroatoms. The number of benzene rings is 1. The fraction of sp³-hybridized carbons (Fsp3) is 0.333. The molecule has 0 spiro atoms. The molecule has 0 unspecified atom stereocenters. The quantitative estimate of drug-likeness (QED) is 0.636. The molecule has 0 atom stereocenters. The number of Topliss-reactive ketones (excluding diaryl/α,β-unsaturated/α-hetero) is 2. The first-order chi connectivity index (χ1) is 11.2. The Morgan fingerprint density at radius 3 is 2.33 bits per heavy atom. The average Bonchev–Trinajstić information content (AvgIpc) is 2.45. The van der Waals surface area contributed by atoms with Crippen molar-refractivity contribution in [3.05, 3.63) is 42.1 Å². The second-order valence-electron chi connectivity index (χ2n) is 6.61. The van der Waals surface area contributed by atoms with Gasteiger partial charge in [-0.3, -0.25) is 14.4 Å². The van der Waals surface area contributed by atoms with Gasteiger partial charge in [-0.1, -0.05) is 26.0 Å². The molecule has 24 heavy (non-hydrogen) atoms. The van der Waals surface area contributed by atoms with E-state index in [0.29, 0.717) is 5.69 Å². The number of carbonyl (C=O) groups excluding carboxylic acids is 3. The molecule has 1 aromatic rings. The summed E-state index contributed by atoms with van der Waals surface area (Å²) in [5, 5.41) is 11.8. The highest BCUT2D eigenvalue weighted by Crippen LogP contribution is 2.34. The zero-order chi connectivity index (χ0) is 17.9. The van der Waals surface area contributed by atoms with Crippen molar-refractivity contribution in [1.82, 2.24) is 0 Å². The standard InChI is InChI=1S/C18H19NO5/c1-18(2)9-14(21)16(15(22)10-18)13(20)7-8-19-12-6-4-3-5-11(12)17(23)24/h3-8,16,19H,9-10H2,1-2H3,(H,23,24)/b8-7+. The van der Waals surface area contributed by atoms with Crippen molar-refractivity contribution >= 4 is 29.0 Å². The van der Waals surface area contributed by atoms with Gasteiger partial charge < -0.3 is 10.4 Å². The Morgan fingerprint density at radius 2 is 1.75 bits per heavy atom. The van der Waals surface area contributed by atoms with Gasteiger partial charge in [-0.25, -0.2) is 4.79 Å². The molecular weight excluding hydrogens is 310 g/mol. The van der Waals surface area contributed by atoms with E-state index in [9.17, 15) is 19.2 Å². The maximum Gasteiger partial charge on any atom is 0.337 e. The van der Waals surface area contributed by atoms with Crippen LogP contribution in [0.3, 0.4) is 0 Å². The number of hydrogen-bond acceptors (Lipinski definition) is 5. The fourth-order valence-corrected chi connectivity index (χ4v) is 2.81. The summed E-state index contributed by atoms with van der Waals surface area (Å²) in [7, 11) is 0. The Morgan fingerprint density at radius 1 is 1.17 bits per heavy atom. The van der Waals surface area contributed by atoms with Crippen LogP contribution in [0.15, 0.2) is 36.5 Å². The smallest absolute Gasteiger partial charge is 0.337 e. The second-order valence-corrected chi connectivity index (χ2v) is 6.61. The maximum atomic E-state index is 12.2. The topological polar surface area (TPSA) is 101 Å². The molecule has 0 radical (unpaired) electrons. The molecule has 1 saturated carbocycles. The third-order valence-corrected chi connectivity index (χ3v) is 3.88. The minimum absolute atomic E-state index is 0.0566. The van der Waals surface area contributed by atoms with Crippen LogP contribution in [-0.4, -0.2) is 28.4 Å². The molecular formula is C18H19NO5. The van der Waals surface area contributed by atoms with Crippen LogP contribution in [0.2, 0.25) is 0 Å². The second kappa shape index (κ2) is 6.78. The summed E-state index contributed by atoms with van der Waals surface area (Å²) in [5.41, 5.74) is -0.0366. The van der Waals surface area contributed by atoms with Crippen molar-refractivity contribution in [2.45, 2.75) is 26.7 Å². The highest BCUT2D eigenvalue weighted by Gasteiger charge is 2.42. The molecule has 2 rings (SSSR count). The normalized spacial score (nSPS) is 17.9. The van der Waals surface area contributed by atoms with E-state index in [4.69, 9.17) is 5.11 Å². The van der Waals surface area contributed by atoms with Gasteiger partial charge in [0.15, 0.2) is 17.3 Å². The van der Waals surface area contributed by atoms with Crippen molar-refractivity contribution in [3.8, 4) is 0 Å². The van der Waals surface area contributed by atoms with Crippen LogP contribution in [0, 0.1) is 11.3 Å². The molecule has 0 aromatic heterocycles. The number of carbonyl (C=O) groups is 4. The zero-order valence-corrected chi connectivity index (χ0v) is 13.5. The summed E-state index contributed by atoms with van der Waals surface area (Å²) in [4.78, 5) is 47.4.